The maximum Gasteiger partial charge on any atom is 0.118 e. The van der Waals surface area contributed by atoms with E-state index in [0.717, 1.165) is 33.9 Å². The second-order valence-corrected chi connectivity index (χ2v) is 6.67. The molecule has 0 atom stereocenters. The first kappa shape index (κ1) is 18.6. The fourth-order valence-corrected chi connectivity index (χ4v) is 3.31. The Hall–Kier alpha value is -3.78. The number of anilines is 3. The highest BCUT2D eigenvalue weighted by Gasteiger charge is 2.14. The van der Waals surface area contributed by atoms with Crippen molar-refractivity contribution >= 4 is 29.2 Å². The van der Waals surface area contributed by atoms with Crippen LogP contribution in [0.1, 0.15) is 11.1 Å². The highest BCUT2D eigenvalue weighted by Crippen LogP contribution is 2.36. The van der Waals surface area contributed by atoms with Crippen LogP contribution in [-0.2, 0) is 0 Å². The first-order valence-electron chi connectivity index (χ1n) is 9.66. The molecular weight excluding hydrogens is 354 g/mol. The van der Waals surface area contributed by atoms with Gasteiger partial charge in [0.05, 0.1) is 12.8 Å². The summed E-state index contributed by atoms with van der Waals surface area (Å²) in [6, 6.07) is 37.5. The van der Waals surface area contributed by atoms with E-state index in [1.165, 1.54) is 0 Å². The summed E-state index contributed by atoms with van der Waals surface area (Å²) < 4.78 is 5.25. The van der Waals surface area contributed by atoms with E-state index in [1.54, 1.807) is 7.11 Å². The number of rotatable bonds is 6. The Morgan fingerprint density at radius 1 is 0.586 bits per heavy atom. The molecular formula is C27H23NO. The molecule has 0 saturated heterocycles. The fraction of sp³-hybridized carbons (Fsp3) is 0.0370. The van der Waals surface area contributed by atoms with Gasteiger partial charge in [0.25, 0.3) is 0 Å². The Morgan fingerprint density at radius 3 is 1.72 bits per heavy atom. The van der Waals surface area contributed by atoms with E-state index in [0.29, 0.717) is 0 Å². The molecule has 29 heavy (non-hydrogen) atoms. The molecule has 0 aromatic heterocycles. The zero-order valence-corrected chi connectivity index (χ0v) is 16.4. The second kappa shape index (κ2) is 8.94. The number of benzene rings is 4. The van der Waals surface area contributed by atoms with Crippen molar-refractivity contribution in [2.75, 3.05) is 12.0 Å². The minimum absolute atomic E-state index is 0.863. The van der Waals surface area contributed by atoms with E-state index >= 15 is 0 Å². The maximum absolute atomic E-state index is 5.25. The van der Waals surface area contributed by atoms with Crippen molar-refractivity contribution in [3.05, 3.63) is 120 Å². The van der Waals surface area contributed by atoms with Crippen molar-refractivity contribution in [2.24, 2.45) is 0 Å². The number of methoxy groups -OCH3 is 1. The molecule has 0 aliphatic rings. The maximum atomic E-state index is 5.25. The Morgan fingerprint density at radius 2 is 1.14 bits per heavy atom. The molecule has 0 aliphatic heterocycles. The van der Waals surface area contributed by atoms with E-state index < -0.39 is 0 Å². The third-order valence-corrected chi connectivity index (χ3v) is 4.78. The standard InChI is InChI=1S/C27H23NO/c1-29-26-20-17-22(18-21-26)16-19-23-10-8-9-15-27(23)28(24-11-4-2-5-12-24)25-13-6-3-7-14-25/h2-21H,1H3. The summed E-state index contributed by atoms with van der Waals surface area (Å²) >= 11 is 0. The number of nitrogens with zero attached hydrogens (tertiary/aromatic N) is 1. The predicted molar refractivity (Wildman–Crippen MR) is 123 cm³/mol. The normalized spacial score (nSPS) is 10.8. The molecule has 4 aromatic rings. The van der Waals surface area contributed by atoms with Gasteiger partial charge in [-0.25, -0.2) is 0 Å². The van der Waals surface area contributed by atoms with Crippen LogP contribution in [0.4, 0.5) is 17.1 Å². The third-order valence-electron chi connectivity index (χ3n) is 4.78. The minimum atomic E-state index is 0.863. The summed E-state index contributed by atoms with van der Waals surface area (Å²) in [5, 5.41) is 0. The number of para-hydroxylation sites is 3. The summed E-state index contributed by atoms with van der Waals surface area (Å²) in [5.74, 6) is 0.863. The lowest BCUT2D eigenvalue weighted by molar-refractivity contribution is 0.415. The molecule has 0 N–H and O–H groups in total. The van der Waals surface area contributed by atoms with Gasteiger partial charge >= 0.3 is 0 Å². The molecule has 0 bridgehead atoms. The van der Waals surface area contributed by atoms with Crippen LogP contribution in [0.15, 0.2) is 109 Å². The topological polar surface area (TPSA) is 12.5 Å². The van der Waals surface area contributed by atoms with Crippen LogP contribution < -0.4 is 9.64 Å². The summed E-state index contributed by atoms with van der Waals surface area (Å²) in [5.41, 5.74) is 5.67. The van der Waals surface area contributed by atoms with Gasteiger partial charge in [-0.3, -0.25) is 0 Å². The van der Waals surface area contributed by atoms with E-state index in [2.05, 4.69) is 102 Å². The molecule has 0 spiro atoms. The van der Waals surface area contributed by atoms with E-state index in [9.17, 15) is 0 Å². The van der Waals surface area contributed by atoms with E-state index in [1.807, 2.05) is 24.3 Å². The average molecular weight is 377 g/mol. The molecule has 0 unspecified atom stereocenters. The van der Waals surface area contributed by atoms with Crippen LogP contribution in [0.5, 0.6) is 5.75 Å². The van der Waals surface area contributed by atoms with Crippen LogP contribution in [0.2, 0.25) is 0 Å². The average Bonchev–Trinajstić information content (AvgIpc) is 2.80. The Bertz CT molecular complexity index is 1030. The molecule has 142 valence electrons. The van der Waals surface area contributed by atoms with Crippen LogP contribution in [-0.4, -0.2) is 7.11 Å². The Balaban J connectivity index is 1.75. The van der Waals surface area contributed by atoms with Crippen molar-refractivity contribution in [2.45, 2.75) is 0 Å². The van der Waals surface area contributed by atoms with Crippen molar-refractivity contribution in [1.82, 2.24) is 0 Å². The van der Waals surface area contributed by atoms with Gasteiger partial charge in [-0.15, -0.1) is 0 Å². The van der Waals surface area contributed by atoms with Gasteiger partial charge in [-0.2, -0.15) is 0 Å². The first-order valence-corrected chi connectivity index (χ1v) is 9.66. The van der Waals surface area contributed by atoms with Gasteiger partial charge < -0.3 is 9.64 Å². The van der Waals surface area contributed by atoms with E-state index in [4.69, 9.17) is 4.74 Å². The SMILES string of the molecule is COc1ccc(C=Cc2ccccc2N(c2ccccc2)c2ccccc2)cc1. The van der Waals surface area contributed by atoms with Gasteiger partial charge in [-0.05, 0) is 53.6 Å². The van der Waals surface area contributed by atoms with Crippen molar-refractivity contribution < 1.29 is 4.74 Å². The molecule has 0 saturated carbocycles. The lowest BCUT2D eigenvalue weighted by atomic mass is 10.1. The van der Waals surface area contributed by atoms with Crippen molar-refractivity contribution in [3.63, 3.8) is 0 Å². The predicted octanol–water partition coefficient (Wildman–Crippen LogP) is 7.34. The highest BCUT2D eigenvalue weighted by atomic mass is 16.5. The fourth-order valence-electron chi connectivity index (χ4n) is 3.31. The summed E-state index contributed by atoms with van der Waals surface area (Å²) in [6.45, 7) is 0. The van der Waals surface area contributed by atoms with Gasteiger partial charge in [0, 0.05) is 11.4 Å². The van der Waals surface area contributed by atoms with Gasteiger partial charge in [-0.1, -0.05) is 78.9 Å². The number of hydrogen-bond acceptors (Lipinski definition) is 2. The van der Waals surface area contributed by atoms with Crippen LogP contribution >= 0.6 is 0 Å². The van der Waals surface area contributed by atoms with E-state index in [-0.39, 0.29) is 0 Å². The molecule has 2 nitrogen and oxygen atoms in total. The molecule has 0 amide bonds. The monoisotopic (exact) mass is 377 g/mol. The van der Waals surface area contributed by atoms with Crippen LogP contribution in [0.25, 0.3) is 12.2 Å². The number of ether oxygens (including phenoxy) is 1. The quantitative estimate of drug-likeness (QED) is 0.326. The molecule has 0 aliphatic carbocycles. The van der Waals surface area contributed by atoms with Crippen molar-refractivity contribution in [1.29, 1.82) is 0 Å². The molecule has 0 fully saturated rings. The van der Waals surface area contributed by atoms with Crippen molar-refractivity contribution in [3.8, 4) is 5.75 Å². The first-order chi connectivity index (χ1) is 14.3. The summed E-state index contributed by atoms with van der Waals surface area (Å²) in [6.07, 6.45) is 4.29. The molecule has 4 aromatic carbocycles. The highest BCUT2D eigenvalue weighted by molar-refractivity contribution is 5.85. The molecule has 0 heterocycles. The number of hydrogen-bond donors (Lipinski definition) is 0. The second-order valence-electron chi connectivity index (χ2n) is 6.67. The lowest BCUT2D eigenvalue weighted by Gasteiger charge is -2.27. The van der Waals surface area contributed by atoms with Crippen LogP contribution in [0.3, 0.4) is 0 Å². The third kappa shape index (κ3) is 4.39. The molecule has 0 radical (unpaired) electrons. The van der Waals surface area contributed by atoms with Gasteiger partial charge in [0.1, 0.15) is 5.75 Å². The lowest BCUT2D eigenvalue weighted by Crippen LogP contribution is -2.10. The van der Waals surface area contributed by atoms with Gasteiger partial charge in [0.15, 0.2) is 0 Å². The van der Waals surface area contributed by atoms with Gasteiger partial charge in [0.2, 0.25) is 0 Å². The minimum Gasteiger partial charge on any atom is -0.497 e. The zero-order valence-electron chi connectivity index (χ0n) is 16.4. The largest absolute Gasteiger partial charge is 0.497 e. The summed E-state index contributed by atoms with van der Waals surface area (Å²) in [7, 11) is 1.68. The summed E-state index contributed by atoms with van der Waals surface area (Å²) in [4.78, 5) is 2.29. The Kier molecular flexibility index (Phi) is 5.73. The smallest absolute Gasteiger partial charge is 0.118 e. The molecule has 4 rings (SSSR count). The zero-order chi connectivity index (χ0) is 19.9. The van der Waals surface area contributed by atoms with Crippen LogP contribution in [0, 0.1) is 0 Å². The Labute approximate surface area is 172 Å². The molecule has 2 heteroatoms.